The fraction of sp³-hybridized carbons (Fsp3) is 0.400. The fourth-order valence-electron chi connectivity index (χ4n) is 2.31. The van der Waals surface area contributed by atoms with Crippen molar-refractivity contribution >= 4 is 28.5 Å². The summed E-state index contributed by atoms with van der Waals surface area (Å²) in [7, 11) is 1.28. The van der Waals surface area contributed by atoms with E-state index in [1.165, 1.54) is 7.11 Å². The van der Waals surface area contributed by atoms with Crippen molar-refractivity contribution in [2.24, 2.45) is 11.8 Å². The number of H-pyrrole nitrogens is 1. The number of carbonyl (C=O) groups excluding carboxylic acids is 2. The summed E-state index contributed by atoms with van der Waals surface area (Å²) in [5, 5.41) is 10.6. The molecule has 1 atom stereocenters. The van der Waals surface area contributed by atoms with Crippen molar-refractivity contribution in [3.63, 3.8) is 0 Å². The molecule has 6 nitrogen and oxygen atoms in total. The van der Waals surface area contributed by atoms with Crippen LogP contribution in [-0.2, 0) is 14.3 Å². The lowest BCUT2D eigenvalue weighted by Crippen LogP contribution is -2.34. The Kier molecular flexibility index (Phi) is 4.26. The monoisotopic (exact) mass is 289 g/mol. The molecule has 1 heterocycles. The molecule has 0 aliphatic rings. The number of hydrogen-bond acceptors (Lipinski definition) is 4. The van der Waals surface area contributed by atoms with E-state index in [9.17, 15) is 9.59 Å². The minimum atomic E-state index is -0.827. The maximum absolute atomic E-state index is 12.3. The smallest absolute Gasteiger partial charge is 0.318 e. The fourth-order valence-corrected chi connectivity index (χ4v) is 2.31. The van der Waals surface area contributed by atoms with Crippen LogP contribution in [0.25, 0.3) is 10.9 Å². The highest BCUT2D eigenvalue weighted by Crippen LogP contribution is 2.25. The molecule has 0 saturated heterocycles. The maximum atomic E-state index is 12.3. The van der Waals surface area contributed by atoms with Gasteiger partial charge in [-0.05, 0) is 30.5 Å². The van der Waals surface area contributed by atoms with Gasteiger partial charge in [0.05, 0.1) is 18.8 Å². The zero-order valence-corrected chi connectivity index (χ0v) is 12.6. The highest BCUT2D eigenvalue weighted by atomic mass is 16.5. The molecule has 0 spiro atoms. The summed E-state index contributed by atoms with van der Waals surface area (Å²) in [6.45, 7) is 5.51. The summed E-state index contributed by atoms with van der Waals surface area (Å²) >= 11 is 0. The molecule has 1 unspecified atom stereocenters. The minimum Gasteiger partial charge on any atom is -0.468 e. The van der Waals surface area contributed by atoms with Crippen molar-refractivity contribution in [3.8, 4) is 0 Å². The van der Waals surface area contributed by atoms with Gasteiger partial charge in [0.2, 0.25) is 5.91 Å². The van der Waals surface area contributed by atoms with Crippen LogP contribution in [0.3, 0.4) is 0 Å². The molecule has 2 N–H and O–H groups in total. The first-order valence-electron chi connectivity index (χ1n) is 6.77. The highest BCUT2D eigenvalue weighted by molar-refractivity contribution is 6.06. The van der Waals surface area contributed by atoms with Gasteiger partial charge in [0.25, 0.3) is 0 Å². The average molecular weight is 289 g/mol. The lowest BCUT2D eigenvalue weighted by molar-refractivity contribution is -0.150. The van der Waals surface area contributed by atoms with Gasteiger partial charge in [-0.1, -0.05) is 13.8 Å². The van der Waals surface area contributed by atoms with Crippen LogP contribution in [0.5, 0.6) is 0 Å². The van der Waals surface area contributed by atoms with Crippen molar-refractivity contribution in [2.75, 3.05) is 12.4 Å². The first-order chi connectivity index (χ1) is 9.95. The number of benzene rings is 1. The van der Waals surface area contributed by atoms with Crippen LogP contribution in [0.1, 0.15) is 19.4 Å². The summed E-state index contributed by atoms with van der Waals surface area (Å²) < 4.78 is 4.70. The predicted octanol–water partition coefficient (Wildman–Crippen LogP) is 2.26. The van der Waals surface area contributed by atoms with Gasteiger partial charge in [-0.25, -0.2) is 0 Å². The second-order valence-electron chi connectivity index (χ2n) is 5.31. The van der Waals surface area contributed by atoms with Crippen molar-refractivity contribution in [2.45, 2.75) is 20.8 Å². The standard InChI is InChI=1S/C15H19N3O3/c1-8(2)12(15(20)21-4)14(19)17-11-6-5-10-7-16-18-13(10)9(11)3/h5-8,12H,1-4H3,(H,16,18)(H,17,19). The van der Waals surface area contributed by atoms with Crippen molar-refractivity contribution in [1.29, 1.82) is 0 Å². The number of nitrogens with zero attached hydrogens (tertiary/aromatic N) is 1. The van der Waals surface area contributed by atoms with E-state index in [1.807, 2.05) is 26.8 Å². The van der Waals surface area contributed by atoms with Crippen LogP contribution < -0.4 is 5.32 Å². The Balaban J connectivity index is 2.28. The lowest BCUT2D eigenvalue weighted by Gasteiger charge is -2.18. The molecule has 2 aromatic rings. The summed E-state index contributed by atoms with van der Waals surface area (Å²) in [6.07, 6.45) is 1.72. The van der Waals surface area contributed by atoms with Gasteiger partial charge in [-0.15, -0.1) is 0 Å². The number of amides is 1. The number of esters is 1. The van der Waals surface area contributed by atoms with Crippen molar-refractivity contribution in [1.82, 2.24) is 10.2 Å². The van der Waals surface area contributed by atoms with Crippen LogP contribution in [0.4, 0.5) is 5.69 Å². The third kappa shape index (κ3) is 2.89. The molecule has 0 radical (unpaired) electrons. The van der Waals surface area contributed by atoms with Crippen LogP contribution in [0, 0.1) is 18.8 Å². The summed E-state index contributed by atoms with van der Waals surface area (Å²) in [5.74, 6) is -1.86. The van der Waals surface area contributed by atoms with E-state index >= 15 is 0 Å². The number of nitrogens with one attached hydrogen (secondary N) is 2. The number of hydrogen-bond donors (Lipinski definition) is 2. The number of aromatic amines is 1. The molecule has 1 aromatic carbocycles. The molecular weight excluding hydrogens is 270 g/mol. The number of methoxy groups -OCH3 is 1. The van der Waals surface area contributed by atoms with Gasteiger partial charge >= 0.3 is 5.97 Å². The number of rotatable bonds is 4. The maximum Gasteiger partial charge on any atom is 0.318 e. The van der Waals surface area contributed by atoms with E-state index in [-0.39, 0.29) is 11.8 Å². The van der Waals surface area contributed by atoms with E-state index in [1.54, 1.807) is 12.3 Å². The average Bonchev–Trinajstić information content (AvgIpc) is 2.90. The first-order valence-corrected chi connectivity index (χ1v) is 6.77. The second-order valence-corrected chi connectivity index (χ2v) is 5.31. The quantitative estimate of drug-likeness (QED) is 0.668. The summed E-state index contributed by atoms with van der Waals surface area (Å²) in [4.78, 5) is 24.1. The molecule has 0 fully saturated rings. The van der Waals surface area contributed by atoms with Gasteiger partial charge in [0, 0.05) is 11.1 Å². The molecule has 2 rings (SSSR count). The Morgan fingerprint density at radius 1 is 1.33 bits per heavy atom. The Morgan fingerprint density at radius 2 is 2.05 bits per heavy atom. The molecule has 6 heteroatoms. The van der Waals surface area contributed by atoms with Crippen molar-refractivity contribution < 1.29 is 14.3 Å². The molecule has 0 saturated carbocycles. The largest absolute Gasteiger partial charge is 0.468 e. The van der Waals surface area contributed by atoms with Crippen LogP contribution >= 0.6 is 0 Å². The summed E-state index contributed by atoms with van der Waals surface area (Å²) in [5.41, 5.74) is 2.41. The number of aromatic nitrogens is 2. The lowest BCUT2D eigenvalue weighted by atomic mass is 9.94. The molecular formula is C15H19N3O3. The van der Waals surface area contributed by atoms with E-state index in [4.69, 9.17) is 4.74 Å². The Morgan fingerprint density at radius 3 is 2.67 bits per heavy atom. The van der Waals surface area contributed by atoms with E-state index in [2.05, 4.69) is 15.5 Å². The predicted molar refractivity (Wildman–Crippen MR) is 79.8 cm³/mol. The van der Waals surface area contributed by atoms with Crippen LogP contribution in [-0.4, -0.2) is 29.2 Å². The summed E-state index contributed by atoms with van der Waals surface area (Å²) in [6, 6.07) is 3.67. The van der Waals surface area contributed by atoms with Gasteiger partial charge < -0.3 is 10.1 Å². The van der Waals surface area contributed by atoms with Crippen LogP contribution in [0.15, 0.2) is 18.3 Å². The molecule has 1 amide bonds. The molecule has 21 heavy (non-hydrogen) atoms. The molecule has 0 aliphatic heterocycles. The molecule has 0 bridgehead atoms. The van der Waals surface area contributed by atoms with Gasteiger partial charge in [-0.2, -0.15) is 5.10 Å². The van der Waals surface area contributed by atoms with E-state index < -0.39 is 11.9 Å². The molecule has 112 valence electrons. The van der Waals surface area contributed by atoms with Crippen LogP contribution in [0.2, 0.25) is 0 Å². The zero-order valence-electron chi connectivity index (χ0n) is 12.6. The van der Waals surface area contributed by atoms with Crippen molar-refractivity contribution in [3.05, 3.63) is 23.9 Å². The number of carbonyl (C=O) groups is 2. The SMILES string of the molecule is COC(=O)C(C(=O)Nc1ccc2cn[nH]c2c1C)C(C)C. The topological polar surface area (TPSA) is 84.1 Å². The van der Waals surface area contributed by atoms with Gasteiger partial charge in [0.15, 0.2) is 0 Å². The number of fused-ring (bicyclic) bond motifs is 1. The molecule has 0 aliphatic carbocycles. The number of anilines is 1. The highest BCUT2D eigenvalue weighted by Gasteiger charge is 2.31. The minimum absolute atomic E-state index is 0.145. The third-order valence-corrected chi connectivity index (χ3v) is 3.54. The third-order valence-electron chi connectivity index (χ3n) is 3.54. The Hall–Kier alpha value is -2.37. The normalized spacial score (nSPS) is 12.4. The van der Waals surface area contributed by atoms with Gasteiger partial charge in [0.1, 0.15) is 5.92 Å². The second kappa shape index (κ2) is 5.95. The Bertz CT molecular complexity index is 676. The number of aryl methyl sites for hydroxylation is 1. The zero-order chi connectivity index (χ0) is 15.6. The number of ether oxygens (including phenoxy) is 1. The van der Waals surface area contributed by atoms with E-state index in [0.717, 1.165) is 16.5 Å². The van der Waals surface area contributed by atoms with E-state index in [0.29, 0.717) is 5.69 Å². The molecule has 1 aromatic heterocycles. The first kappa shape index (κ1) is 15.0. The van der Waals surface area contributed by atoms with Gasteiger partial charge in [-0.3, -0.25) is 14.7 Å². The Labute approximate surface area is 122 Å².